The van der Waals surface area contributed by atoms with Crippen LogP contribution in [0.25, 0.3) is 0 Å². The van der Waals surface area contributed by atoms with E-state index in [0.29, 0.717) is 6.42 Å². The van der Waals surface area contributed by atoms with Gasteiger partial charge in [-0.05, 0) is 75.7 Å². The number of esters is 2. The van der Waals surface area contributed by atoms with Gasteiger partial charge in [-0.25, -0.2) is 15.0 Å². The van der Waals surface area contributed by atoms with Gasteiger partial charge >= 0.3 is 29.7 Å². The van der Waals surface area contributed by atoms with Crippen LogP contribution in [0.4, 0.5) is 5.69 Å². The van der Waals surface area contributed by atoms with Crippen LogP contribution < -0.4 is 15.8 Å². The molecule has 19 nitrogen and oxygen atoms in total. The van der Waals surface area contributed by atoms with E-state index in [1.807, 2.05) is 72.4 Å². The smallest absolute Gasteiger partial charge is 0.316 e. The third-order valence-corrected chi connectivity index (χ3v) is 13.9. The van der Waals surface area contributed by atoms with Gasteiger partial charge in [0.05, 0.1) is 42.6 Å². The topological polar surface area (TPSA) is 256 Å². The second kappa shape index (κ2) is 25.4. The molecule has 380 valence electrons. The van der Waals surface area contributed by atoms with E-state index >= 15 is 0 Å². The number of fused-ring (bicyclic) bond motifs is 1. The Morgan fingerprint density at radius 2 is 1.59 bits per heavy atom. The number of likely N-dealkylation sites (N-methyl/N-ethyl adjacent to an activating group) is 1. The lowest BCUT2D eigenvalue weighted by atomic mass is 9.81. The molecular formula is C50H67N7O12S. The van der Waals surface area contributed by atoms with Crippen molar-refractivity contribution >= 4 is 70.1 Å². The number of benzene rings is 1. The highest BCUT2D eigenvalue weighted by atomic mass is 32.1. The zero-order chi connectivity index (χ0) is 52.9. The Balaban J connectivity index is 2.09. The molecule has 20 heteroatoms. The number of rotatable bonds is 20. The number of carboxylic acid groups (broad SMARTS) is 1. The van der Waals surface area contributed by atoms with Crippen molar-refractivity contribution in [2.75, 3.05) is 39.5 Å². The van der Waals surface area contributed by atoms with Gasteiger partial charge in [0, 0.05) is 56.6 Å². The van der Waals surface area contributed by atoms with Crippen molar-refractivity contribution in [1.82, 2.24) is 24.8 Å². The van der Waals surface area contributed by atoms with Crippen molar-refractivity contribution in [2.45, 2.75) is 124 Å². The third kappa shape index (κ3) is 14.8. The predicted octanol–water partition coefficient (Wildman–Crippen LogP) is 4.46. The van der Waals surface area contributed by atoms with Gasteiger partial charge in [0.1, 0.15) is 10.7 Å². The third-order valence-electron chi connectivity index (χ3n) is 13.0. The minimum absolute atomic E-state index is 0.0274. The van der Waals surface area contributed by atoms with Gasteiger partial charge in [0.2, 0.25) is 11.8 Å². The Hall–Kier alpha value is -6.48. The highest BCUT2D eigenvalue weighted by molar-refractivity contribution is 7.09. The molecule has 2 heterocycles. The van der Waals surface area contributed by atoms with Crippen LogP contribution in [-0.4, -0.2) is 135 Å². The Labute approximate surface area is 414 Å². The van der Waals surface area contributed by atoms with E-state index in [2.05, 4.69) is 10.3 Å². The number of carbonyl (C=O) groups excluding carboxylic acids is 8. The van der Waals surface area contributed by atoms with Gasteiger partial charge in [-0.3, -0.25) is 48.1 Å². The average molecular weight is 990 g/mol. The number of ketones is 2. The fourth-order valence-corrected chi connectivity index (χ4v) is 8.76. The van der Waals surface area contributed by atoms with E-state index in [0.717, 1.165) is 21.4 Å². The molecule has 2 unspecified atom stereocenters. The van der Waals surface area contributed by atoms with Crippen molar-refractivity contribution in [1.29, 1.82) is 0 Å². The molecule has 1 aromatic carbocycles. The van der Waals surface area contributed by atoms with Crippen molar-refractivity contribution in [3.63, 3.8) is 0 Å². The maximum atomic E-state index is 14.8. The summed E-state index contributed by atoms with van der Waals surface area (Å²) in [6, 6.07) is 2.42. The molecule has 0 bridgehead atoms. The molecular weight excluding hydrogens is 923 g/mol. The van der Waals surface area contributed by atoms with Crippen LogP contribution in [0, 0.1) is 48.4 Å². The number of aliphatic carboxylic acids is 1. The summed E-state index contributed by atoms with van der Waals surface area (Å²) < 4.78 is 11.4. The van der Waals surface area contributed by atoms with E-state index in [-0.39, 0.29) is 70.5 Å². The maximum absolute atomic E-state index is 14.8. The lowest BCUT2D eigenvalue weighted by Crippen LogP contribution is -2.51. The number of anilines is 1. The van der Waals surface area contributed by atoms with Crippen molar-refractivity contribution < 1.29 is 57.7 Å². The molecule has 1 aliphatic rings. The number of carboxylic acids is 1. The second-order valence-electron chi connectivity index (χ2n) is 18.6. The zero-order valence-corrected chi connectivity index (χ0v) is 42.7. The summed E-state index contributed by atoms with van der Waals surface area (Å²) in [5.74, 6) is -6.02. The van der Waals surface area contributed by atoms with E-state index in [4.69, 9.17) is 28.1 Å². The summed E-state index contributed by atoms with van der Waals surface area (Å²) in [7, 11) is 5.29. The SMILES string of the molecule is C#CC(=O)N1CCC(=O)Nc2cc(C(C(=O)c3csc([C@@H](C[C@H](C(C)C)N(C)C(=O)[C@@H](CC(=O)C(C)(C)N(C)C)[C@@H](C)CC)OC(C)=O)n3)[C@H](N)CC(C)C(=O)O)ccc2OC(=O)CCN1C(=O)C#C. The molecule has 1 aromatic heterocycles. The number of nitrogens with zero attached hydrogens (tertiary/aromatic N) is 5. The molecule has 4 N–H and O–H groups in total. The van der Waals surface area contributed by atoms with Gasteiger partial charge < -0.3 is 30.5 Å². The molecule has 1 aliphatic heterocycles. The molecule has 0 spiro atoms. The summed E-state index contributed by atoms with van der Waals surface area (Å²) in [6.45, 7) is 13.2. The van der Waals surface area contributed by atoms with Crippen LogP contribution in [0.2, 0.25) is 0 Å². The van der Waals surface area contributed by atoms with Gasteiger partial charge in [-0.2, -0.15) is 0 Å². The Morgan fingerprint density at radius 3 is 2.11 bits per heavy atom. The number of terminal acetylenes is 2. The largest absolute Gasteiger partial charge is 0.481 e. The number of hydrazine groups is 1. The lowest BCUT2D eigenvalue weighted by molar-refractivity contribution is -0.158. The number of ether oxygens (including phenoxy) is 2. The molecule has 3 rings (SSSR count). The summed E-state index contributed by atoms with van der Waals surface area (Å²) in [4.78, 5) is 127. The van der Waals surface area contributed by atoms with E-state index < -0.39 is 109 Å². The average Bonchev–Trinajstić information content (AvgIpc) is 3.80. The Morgan fingerprint density at radius 1 is 0.986 bits per heavy atom. The van der Waals surface area contributed by atoms with Crippen molar-refractivity contribution in [3.05, 3.63) is 39.8 Å². The van der Waals surface area contributed by atoms with Gasteiger partial charge in [0.15, 0.2) is 23.4 Å². The molecule has 70 heavy (non-hydrogen) atoms. The zero-order valence-electron chi connectivity index (χ0n) is 41.9. The highest BCUT2D eigenvalue weighted by Gasteiger charge is 2.40. The summed E-state index contributed by atoms with van der Waals surface area (Å²) >= 11 is 1.03. The van der Waals surface area contributed by atoms with Gasteiger partial charge in [0.25, 0.3) is 0 Å². The number of hydrogen-bond donors (Lipinski definition) is 3. The fourth-order valence-electron chi connectivity index (χ4n) is 7.91. The molecule has 0 fully saturated rings. The second-order valence-corrected chi connectivity index (χ2v) is 19.5. The first-order chi connectivity index (χ1) is 32.7. The maximum Gasteiger partial charge on any atom is 0.316 e. The summed E-state index contributed by atoms with van der Waals surface area (Å²) in [5, 5.41) is 15.7. The molecule has 0 radical (unpaired) electrons. The Kier molecular flexibility index (Phi) is 21.0. The monoisotopic (exact) mass is 989 g/mol. The number of nitrogens with two attached hydrogens (primary N) is 1. The molecule has 0 aliphatic carbocycles. The van der Waals surface area contributed by atoms with E-state index in [1.54, 1.807) is 11.9 Å². The van der Waals surface area contributed by atoms with Gasteiger partial charge in [-0.15, -0.1) is 24.2 Å². The van der Waals surface area contributed by atoms with Crippen LogP contribution in [0.3, 0.4) is 0 Å². The number of aromatic nitrogens is 1. The number of hydrogen-bond acceptors (Lipinski definition) is 15. The standard InChI is InChI=1S/C50H67N7O12S/c1-14-29(6)33(25-40(59)50(9,10)54(11)12)48(65)55(13)37(28(4)5)26-39(68-31(8)58)47-53-36(27-70-47)46(64)45(34(51)23-30(7)49(66)67)32-17-18-38-35(24-32)52-41(60)19-21-56(42(61)15-2)57(43(62)16-3)22-20-44(63)69-38/h2-3,17-18,24,27-30,33-34,37,39,45H,14,19-23,25-26,51H2,1,4-13H3,(H,52,60)(H,66,67)/t29-,30?,33-,34+,37+,39+,45?/m0/s1. The van der Waals surface area contributed by atoms with Gasteiger partial charge in [-0.1, -0.05) is 47.1 Å². The number of thiazole rings is 1. The first-order valence-corrected chi connectivity index (χ1v) is 23.9. The molecule has 0 saturated heterocycles. The number of nitrogens with one attached hydrogen (secondary N) is 1. The van der Waals surface area contributed by atoms with Crippen molar-refractivity contribution in [2.24, 2.45) is 29.4 Å². The van der Waals surface area contributed by atoms with E-state index in [9.17, 15) is 48.3 Å². The van der Waals surface area contributed by atoms with Crippen LogP contribution >= 0.6 is 11.3 Å². The highest BCUT2D eigenvalue weighted by Crippen LogP contribution is 2.37. The number of Topliss-reactive ketones (excluding diaryl/α,β-unsaturated/α-hetero) is 2. The lowest BCUT2D eigenvalue weighted by Gasteiger charge is -2.38. The first-order valence-electron chi connectivity index (χ1n) is 23.0. The number of carbonyl (C=O) groups is 9. The minimum Gasteiger partial charge on any atom is -0.481 e. The quantitative estimate of drug-likeness (QED) is 0.0716. The summed E-state index contributed by atoms with van der Waals surface area (Å²) in [5.41, 5.74) is 5.90. The molecule has 4 amide bonds. The first kappa shape index (κ1) is 57.8. The molecule has 2 aromatic rings. The van der Waals surface area contributed by atoms with Crippen LogP contribution in [0.15, 0.2) is 23.6 Å². The number of amides is 4. The normalized spacial score (nSPS) is 16.5. The van der Waals surface area contributed by atoms with Crippen molar-refractivity contribution in [3.8, 4) is 30.4 Å². The molecule has 7 atom stereocenters. The van der Waals surface area contributed by atoms with Crippen LogP contribution in [-0.2, 0) is 43.1 Å². The molecule has 0 saturated carbocycles. The predicted molar refractivity (Wildman–Crippen MR) is 260 cm³/mol. The van der Waals surface area contributed by atoms with E-state index in [1.165, 1.54) is 37.4 Å². The van der Waals surface area contributed by atoms with Crippen LogP contribution in [0.5, 0.6) is 5.75 Å². The Bertz CT molecular complexity index is 2380. The van der Waals surface area contributed by atoms with Crippen LogP contribution in [0.1, 0.15) is 127 Å². The summed E-state index contributed by atoms with van der Waals surface area (Å²) in [6.07, 6.45) is 9.29. The fraction of sp³-hybridized carbons (Fsp3) is 0.560. The minimum atomic E-state index is -1.31.